The first-order valence-electron chi connectivity index (χ1n) is 6.97. The van der Waals surface area contributed by atoms with Crippen molar-refractivity contribution >= 4 is 21.6 Å². The van der Waals surface area contributed by atoms with Crippen LogP contribution in [0.1, 0.15) is 12.6 Å². The Morgan fingerprint density at radius 2 is 2.13 bits per heavy atom. The first kappa shape index (κ1) is 15.4. The van der Waals surface area contributed by atoms with Crippen LogP contribution in [0.2, 0.25) is 0 Å². The first-order chi connectivity index (χ1) is 11.0. The fourth-order valence-electron chi connectivity index (χ4n) is 2.11. The molecule has 3 rings (SSSR count). The van der Waals surface area contributed by atoms with Gasteiger partial charge in [-0.25, -0.2) is 13.1 Å². The number of hydrogen-bond acceptors (Lipinski definition) is 5. The van der Waals surface area contributed by atoms with Gasteiger partial charge < -0.3 is 10.1 Å². The predicted molar refractivity (Wildman–Crippen MR) is 83.4 cm³/mol. The molecule has 2 N–H and O–H groups in total. The molecule has 23 heavy (non-hydrogen) atoms. The minimum absolute atomic E-state index is 0.0469. The number of ether oxygens (including phenoxy) is 1. The van der Waals surface area contributed by atoms with E-state index in [1.54, 1.807) is 31.3 Å². The monoisotopic (exact) mass is 333 g/mol. The summed E-state index contributed by atoms with van der Waals surface area (Å²) >= 11 is 0. The second kappa shape index (κ2) is 5.98. The highest BCUT2D eigenvalue weighted by Crippen LogP contribution is 2.31. The number of amides is 1. The Kier molecular flexibility index (Phi) is 4.01. The molecule has 1 aliphatic heterocycles. The highest BCUT2D eigenvalue weighted by Gasteiger charge is 2.25. The summed E-state index contributed by atoms with van der Waals surface area (Å²) in [5, 5.41) is 2.63. The zero-order valence-electron chi connectivity index (χ0n) is 12.3. The molecule has 1 aliphatic rings. The first-order valence-corrected chi connectivity index (χ1v) is 8.45. The summed E-state index contributed by atoms with van der Waals surface area (Å²) in [6.45, 7) is 1.71. The highest BCUT2D eigenvalue weighted by atomic mass is 32.2. The van der Waals surface area contributed by atoms with Crippen molar-refractivity contribution in [1.82, 2.24) is 9.71 Å². The average Bonchev–Trinajstić information content (AvgIpc) is 2.55. The molecule has 0 spiro atoms. The van der Waals surface area contributed by atoms with E-state index in [2.05, 4.69) is 15.0 Å². The summed E-state index contributed by atoms with van der Waals surface area (Å²) in [5.41, 5.74) is 0.952. The molecule has 1 aromatic heterocycles. The number of hydrogen-bond donors (Lipinski definition) is 2. The Labute approximate surface area is 133 Å². The van der Waals surface area contributed by atoms with Gasteiger partial charge in [-0.15, -0.1) is 0 Å². The van der Waals surface area contributed by atoms with Crippen LogP contribution in [0, 0.1) is 0 Å². The zero-order valence-corrected chi connectivity index (χ0v) is 13.1. The van der Waals surface area contributed by atoms with Crippen LogP contribution < -0.4 is 14.8 Å². The van der Waals surface area contributed by atoms with Crippen molar-refractivity contribution in [3.05, 3.63) is 48.3 Å². The Hall–Kier alpha value is -2.45. The minimum Gasteiger partial charge on any atom is -0.479 e. The topological polar surface area (TPSA) is 97.4 Å². The Bertz CT molecular complexity index is 837. The molecule has 0 saturated heterocycles. The molecule has 0 unspecified atom stereocenters. The SMILES string of the molecule is C[C@H]1Oc2ccc(S(=O)(=O)NCc3ccccn3)cc2NC1=O. The largest absolute Gasteiger partial charge is 0.479 e. The van der Waals surface area contributed by atoms with Crippen molar-refractivity contribution in [3.63, 3.8) is 0 Å². The summed E-state index contributed by atoms with van der Waals surface area (Å²) in [7, 11) is -3.72. The minimum atomic E-state index is -3.72. The maximum absolute atomic E-state index is 12.3. The van der Waals surface area contributed by atoms with Crippen LogP contribution in [0.5, 0.6) is 5.75 Å². The number of rotatable bonds is 4. The molecule has 0 fully saturated rings. The van der Waals surface area contributed by atoms with Crippen LogP contribution in [0.4, 0.5) is 5.69 Å². The fourth-order valence-corrected chi connectivity index (χ4v) is 3.13. The lowest BCUT2D eigenvalue weighted by atomic mass is 10.2. The van der Waals surface area contributed by atoms with Gasteiger partial charge in [0.15, 0.2) is 6.10 Å². The van der Waals surface area contributed by atoms with E-state index >= 15 is 0 Å². The number of carbonyl (C=O) groups is 1. The number of pyridine rings is 1. The van der Waals surface area contributed by atoms with Gasteiger partial charge in [0.05, 0.1) is 22.8 Å². The quantitative estimate of drug-likeness (QED) is 0.878. The zero-order chi connectivity index (χ0) is 16.4. The van der Waals surface area contributed by atoms with E-state index in [-0.39, 0.29) is 17.3 Å². The summed E-state index contributed by atoms with van der Waals surface area (Å²) in [4.78, 5) is 15.7. The number of anilines is 1. The summed E-state index contributed by atoms with van der Waals surface area (Å²) in [6.07, 6.45) is 0.989. The van der Waals surface area contributed by atoms with Crippen molar-refractivity contribution in [1.29, 1.82) is 0 Å². The van der Waals surface area contributed by atoms with Gasteiger partial charge >= 0.3 is 0 Å². The maximum atomic E-state index is 12.3. The number of fused-ring (bicyclic) bond motifs is 1. The van der Waals surface area contributed by atoms with Crippen LogP contribution >= 0.6 is 0 Å². The van der Waals surface area contributed by atoms with Crippen LogP contribution in [0.15, 0.2) is 47.5 Å². The predicted octanol–water partition coefficient (Wildman–Crippen LogP) is 1.28. The van der Waals surface area contributed by atoms with Gasteiger partial charge in [0.2, 0.25) is 10.0 Å². The molecule has 120 valence electrons. The summed E-state index contributed by atoms with van der Waals surface area (Å²) < 4.78 is 32.6. The third kappa shape index (κ3) is 3.33. The molecular weight excluding hydrogens is 318 g/mol. The van der Waals surface area contributed by atoms with Crippen molar-refractivity contribution in [2.24, 2.45) is 0 Å². The lowest BCUT2D eigenvalue weighted by Crippen LogP contribution is -2.34. The van der Waals surface area contributed by atoms with Crippen molar-refractivity contribution in [3.8, 4) is 5.75 Å². The molecule has 0 bridgehead atoms. The van der Waals surface area contributed by atoms with Gasteiger partial charge in [-0.05, 0) is 37.3 Å². The van der Waals surface area contributed by atoms with Crippen molar-refractivity contribution in [2.45, 2.75) is 24.5 Å². The molecule has 2 heterocycles. The lowest BCUT2D eigenvalue weighted by molar-refractivity contribution is -0.122. The van der Waals surface area contributed by atoms with Gasteiger partial charge in [-0.1, -0.05) is 6.07 Å². The van der Waals surface area contributed by atoms with Crippen LogP contribution in [0.3, 0.4) is 0 Å². The molecule has 1 amide bonds. The van der Waals surface area contributed by atoms with Crippen LogP contribution in [-0.2, 0) is 21.4 Å². The standard InChI is InChI=1S/C15H15N3O4S/c1-10-15(19)18-13-8-12(5-6-14(13)22-10)23(20,21)17-9-11-4-2-3-7-16-11/h2-8,10,17H,9H2,1H3,(H,18,19)/t10-/m1/s1. The van der Waals surface area contributed by atoms with E-state index in [9.17, 15) is 13.2 Å². The van der Waals surface area contributed by atoms with Gasteiger partial charge in [0, 0.05) is 6.20 Å². The smallest absolute Gasteiger partial charge is 0.265 e. The number of nitrogens with zero attached hydrogens (tertiary/aromatic N) is 1. The van der Waals surface area contributed by atoms with E-state index < -0.39 is 16.1 Å². The Morgan fingerprint density at radius 1 is 1.30 bits per heavy atom. The number of sulfonamides is 1. The molecule has 7 nitrogen and oxygen atoms in total. The van der Waals surface area contributed by atoms with Crippen LogP contribution in [-0.4, -0.2) is 25.4 Å². The lowest BCUT2D eigenvalue weighted by Gasteiger charge is -2.23. The third-order valence-electron chi connectivity index (χ3n) is 3.36. The Balaban J connectivity index is 1.81. The number of nitrogens with one attached hydrogen (secondary N) is 2. The molecule has 8 heteroatoms. The maximum Gasteiger partial charge on any atom is 0.265 e. The van der Waals surface area contributed by atoms with E-state index in [4.69, 9.17) is 4.74 Å². The molecule has 0 radical (unpaired) electrons. The number of benzene rings is 1. The molecular formula is C15H15N3O4S. The van der Waals surface area contributed by atoms with Crippen molar-refractivity contribution < 1.29 is 17.9 Å². The Morgan fingerprint density at radius 3 is 2.87 bits per heavy atom. The molecule has 2 aromatic rings. The fraction of sp³-hybridized carbons (Fsp3) is 0.200. The van der Waals surface area contributed by atoms with E-state index in [1.165, 1.54) is 18.2 Å². The molecule has 1 atom stereocenters. The second-order valence-corrected chi connectivity index (χ2v) is 6.82. The van der Waals surface area contributed by atoms with Gasteiger partial charge in [-0.2, -0.15) is 0 Å². The highest BCUT2D eigenvalue weighted by molar-refractivity contribution is 7.89. The van der Waals surface area contributed by atoms with Gasteiger partial charge in [0.25, 0.3) is 5.91 Å². The molecule has 0 aliphatic carbocycles. The second-order valence-electron chi connectivity index (χ2n) is 5.05. The van der Waals surface area contributed by atoms with Gasteiger partial charge in [0.1, 0.15) is 5.75 Å². The third-order valence-corrected chi connectivity index (χ3v) is 4.76. The normalized spacial score (nSPS) is 17.1. The number of aromatic nitrogens is 1. The van der Waals surface area contributed by atoms with E-state index in [1.807, 2.05) is 0 Å². The van der Waals surface area contributed by atoms with E-state index in [0.717, 1.165) is 0 Å². The molecule has 1 aromatic carbocycles. The van der Waals surface area contributed by atoms with Gasteiger partial charge in [-0.3, -0.25) is 9.78 Å². The number of carbonyl (C=O) groups excluding carboxylic acids is 1. The van der Waals surface area contributed by atoms with Crippen molar-refractivity contribution in [2.75, 3.05) is 5.32 Å². The summed E-state index contributed by atoms with van der Waals surface area (Å²) in [5.74, 6) is 0.134. The van der Waals surface area contributed by atoms with Crippen LogP contribution in [0.25, 0.3) is 0 Å². The molecule has 0 saturated carbocycles. The van der Waals surface area contributed by atoms with E-state index in [0.29, 0.717) is 17.1 Å². The summed E-state index contributed by atoms with van der Waals surface area (Å²) in [6, 6.07) is 9.60. The average molecular weight is 333 g/mol.